The summed E-state index contributed by atoms with van der Waals surface area (Å²) in [5, 5.41) is 5.96. The lowest BCUT2D eigenvalue weighted by Crippen LogP contribution is -2.47. The highest BCUT2D eigenvalue weighted by atomic mass is 32.2. The van der Waals surface area contributed by atoms with Crippen molar-refractivity contribution in [3.05, 3.63) is 65.2 Å². The van der Waals surface area contributed by atoms with E-state index in [1.807, 2.05) is 35.7 Å². The number of rotatable bonds is 8. The van der Waals surface area contributed by atoms with Crippen molar-refractivity contribution in [1.29, 1.82) is 0 Å². The minimum Gasteiger partial charge on any atom is -0.497 e. The number of thioether (sulfide) groups is 1. The van der Waals surface area contributed by atoms with Gasteiger partial charge in [0.25, 0.3) is 5.91 Å². The maximum absolute atomic E-state index is 13.1. The zero-order valence-electron chi connectivity index (χ0n) is 18.4. The molecule has 3 aromatic rings. The fourth-order valence-electron chi connectivity index (χ4n) is 3.52. The fourth-order valence-corrected chi connectivity index (χ4v) is 5.54. The fraction of sp³-hybridized carbons (Fsp3) is 0.292. The Bertz CT molecular complexity index is 1100. The van der Waals surface area contributed by atoms with Crippen molar-refractivity contribution >= 4 is 34.9 Å². The van der Waals surface area contributed by atoms with Crippen LogP contribution in [0.15, 0.2) is 53.9 Å². The van der Waals surface area contributed by atoms with Gasteiger partial charge in [0, 0.05) is 41.3 Å². The number of hydrogen-bond acceptors (Lipinski definition) is 7. The molecule has 1 aromatic heterocycles. The molecule has 9 heteroatoms. The van der Waals surface area contributed by atoms with Crippen LogP contribution < -0.4 is 14.8 Å². The van der Waals surface area contributed by atoms with E-state index >= 15 is 0 Å². The number of nitrogens with zero attached hydrogens (tertiary/aromatic N) is 2. The molecule has 2 aromatic carbocycles. The summed E-state index contributed by atoms with van der Waals surface area (Å²) in [7, 11) is 3.08. The third-order valence-electron chi connectivity index (χ3n) is 5.30. The van der Waals surface area contributed by atoms with E-state index in [4.69, 9.17) is 9.47 Å². The standard InChI is InChI=1S/C24H25N3O4S2/c1-30-19-10-17(11-20(12-19)31-2)24(29)27-15-32-14-21(27)22(28)25-9-8-18-13-33-23(26-18)16-6-4-3-5-7-16/h3-7,10-13,21H,8-9,14-15H2,1-2H3,(H,25,28)/t21-/m1/s1. The first-order valence-electron chi connectivity index (χ1n) is 10.5. The molecule has 1 saturated heterocycles. The number of benzene rings is 2. The van der Waals surface area contributed by atoms with Crippen LogP contribution in [0.1, 0.15) is 16.1 Å². The molecule has 0 bridgehead atoms. The van der Waals surface area contributed by atoms with Gasteiger partial charge in [-0.15, -0.1) is 23.1 Å². The highest BCUT2D eigenvalue weighted by Gasteiger charge is 2.35. The molecule has 1 aliphatic heterocycles. The number of carbonyl (C=O) groups is 2. The minimum atomic E-state index is -0.519. The van der Waals surface area contributed by atoms with Crippen LogP contribution >= 0.6 is 23.1 Å². The van der Waals surface area contributed by atoms with E-state index in [1.54, 1.807) is 46.2 Å². The van der Waals surface area contributed by atoms with Gasteiger partial charge in [-0.3, -0.25) is 9.59 Å². The Kier molecular flexibility index (Phi) is 7.51. The summed E-state index contributed by atoms with van der Waals surface area (Å²) < 4.78 is 10.5. The number of hydrogen-bond donors (Lipinski definition) is 1. The molecule has 1 N–H and O–H groups in total. The van der Waals surface area contributed by atoms with E-state index in [0.717, 1.165) is 16.3 Å². The van der Waals surface area contributed by atoms with Crippen LogP contribution in [0.25, 0.3) is 10.6 Å². The molecule has 0 spiro atoms. The first-order chi connectivity index (χ1) is 16.1. The van der Waals surface area contributed by atoms with E-state index in [-0.39, 0.29) is 11.8 Å². The number of nitrogens with one attached hydrogen (secondary N) is 1. The largest absolute Gasteiger partial charge is 0.497 e. The molecule has 2 heterocycles. The summed E-state index contributed by atoms with van der Waals surface area (Å²) in [6.45, 7) is 0.465. The number of amides is 2. The third kappa shape index (κ3) is 5.48. The zero-order valence-corrected chi connectivity index (χ0v) is 20.1. The number of aromatic nitrogens is 1. The summed E-state index contributed by atoms with van der Waals surface area (Å²) in [4.78, 5) is 32.3. The predicted molar refractivity (Wildman–Crippen MR) is 131 cm³/mol. The second kappa shape index (κ2) is 10.7. The second-order valence-electron chi connectivity index (χ2n) is 7.44. The smallest absolute Gasteiger partial charge is 0.255 e. The molecule has 4 rings (SSSR count). The molecule has 0 aliphatic carbocycles. The van der Waals surface area contributed by atoms with Crippen LogP contribution in [0.2, 0.25) is 0 Å². The van der Waals surface area contributed by atoms with Crippen LogP contribution in [0.4, 0.5) is 0 Å². The maximum atomic E-state index is 13.1. The van der Waals surface area contributed by atoms with Crippen molar-refractivity contribution in [2.75, 3.05) is 32.4 Å². The molecule has 2 amide bonds. The van der Waals surface area contributed by atoms with Crippen molar-refractivity contribution in [1.82, 2.24) is 15.2 Å². The molecule has 0 unspecified atom stereocenters. The molecular formula is C24H25N3O4S2. The minimum absolute atomic E-state index is 0.151. The summed E-state index contributed by atoms with van der Waals surface area (Å²) >= 11 is 3.16. The van der Waals surface area contributed by atoms with E-state index in [1.165, 1.54) is 14.2 Å². The summed E-state index contributed by atoms with van der Waals surface area (Å²) in [6.07, 6.45) is 0.635. The summed E-state index contributed by atoms with van der Waals surface area (Å²) in [5.74, 6) is 1.72. The summed E-state index contributed by atoms with van der Waals surface area (Å²) in [6, 6.07) is 14.5. The summed E-state index contributed by atoms with van der Waals surface area (Å²) in [5.41, 5.74) is 2.46. The average Bonchev–Trinajstić information content (AvgIpc) is 3.54. The SMILES string of the molecule is COc1cc(OC)cc(C(=O)N2CSC[C@@H]2C(=O)NCCc2csc(-c3ccccc3)n2)c1. The van der Waals surface area contributed by atoms with Crippen LogP contribution in [0.5, 0.6) is 11.5 Å². The van der Waals surface area contributed by atoms with Gasteiger partial charge in [-0.2, -0.15) is 0 Å². The molecule has 1 atom stereocenters. The topological polar surface area (TPSA) is 80.8 Å². The first kappa shape index (κ1) is 23.1. The molecule has 0 saturated carbocycles. The Morgan fingerprint density at radius 3 is 2.55 bits per heavy atom. The van der Waals surface area contributed by atoms with Gasteiger partial charge in [-0.1, -0.05) is 30.3 Å². The molecule has 33 heavy (non-hydrogen) atoms. The molecule has 172 valence electrons. The Balaban J connectivity index is 1.35. The molecule has 1 fully saturated rings. The second-order valence-corrected chi connectivity index (χ2v) is 9.30. The third-order valence-corrected chi connectivity index (χ3v) is 7.25. The van der Waals surface area contributed by atoms with E-state index in [0.29, 0.717) is 41.7 Å². The Morgan fingerprint density at radius 1 is 1.12 bits per heavy atom. The van der Waals surface area contributed by atoms with Crippen molar-refractivity contribution in [2.24, 2.45) is 0 Å². The predicted octanol–water partition coefficient (Wildman–Crippen LogP) is 3.70. The molecule has 1 aliphatic rings. The number of carbonyl (C=O) groups excluding carboxylic acids is 2. The van der Waals surface area contributed by atoms with Crippen molar-refractivity contribution in [3.8, 4) is 22.1 Å². The highest BCUT2D eigenvalue weighted by molar-refractivity contribution is 7.99. The van der Waals surface area contributed by atoms with Gasteiger partial charge >= 0.3 is 0 Å². The maximum Gasteiger partial charge on any atom is 0.255 e. The lowest BCUT2D eigenvalue weighted by atomic mass is 10.1. The van der Waals surface area contributed by atoms with Crippen molar-refractivity contribution < 1.29 is 19.1 Å². The Hall–Kier alpha value is -3.04. The van der Waals surface area contributed by atoms with Gasteiger partial charge in [-0.05, 0) is 12.1 Å². The quantitative estimate of drug-likeness (QED) is 0.526. The van der Waals surface area contributed by atoms with Gasteiger partial charge < -0.3 is 19.7 Å². The average molecular weight is 484 g/mol. The van der Waals surface area contributed by atoms with E-state index in [2.05, 4.69) is 10.3 Å². The number of methoxy groups -OCH3 is 2. The van der Waals surface area contributed by atoms with Gasteiger partial charge in [0.05, 0.1) is 25.8 Å². The van der Waals surface area contributed by atoms with Gasteiger partial charge in [-0.25, -0.2) is 4.98 Å². The van der Waals surface area contributed by atoms with E-state index < -0.39 is 6.04 Å². The Morgan fingerprint density at radius 2 is 1.85 bits per heavy atom. The van der Waals surface area contributed by atoms with Crippen molar-refractivity contribution in [2.45, 2.75) is 12.5 Å². The zero-order chi connectivity index (χ0) is 23.2. The van der Waals surface area contributed by atoms with Crippen LogP contribution in [0, 0.1) is 0 Å². The van der Waals surface area contributed by atoms with Crippen molar-refractivity contribution in [3.63, 3.8) is 0 Å². The van der Waals surface area contributed by atoms with Crippen LogP contribution in [-0.2, 0) is 11.2 Å². The van der Waals surface area contributed by atoms with Gasteiger partial charge in [0.15, 0.2) is 0 Å². The molecular weight excluding hydrogens is 458 g/mol. The number of thiazole rings is 1. The molecule has 7 nitrogen and oxygen atoms in total. The highest BCUT2D eigenvalue weighted by Crippen LogP contribution is 2.28. The normalized spacial score (nSPS) is 15.3. The van der Waals surface area contributed by atoms with Gasteiger partial charge in [0.1, 0.15) is 22.5 Å². The first-order valence-corrected chi connectivity index (χ1v) is 12.5. The molecule has 0 radical (unpaired) electrons. The van der Waals surface area contributed by atoms with Crippen LogP contribution in [0.3, 0.4) is 0 Å². The lowest BCUT2D eigenvalue weighted by molar-refractivity contribution is -0.124. The Labute approximate surface area is 201 Å². The van der Waals surface area contributed by atoms with E-state index in [9.17, 15) is 9.59 Å². The van der Waals surface area contributed by atoms with Gasteiger partial charge in [0.2, 0.25) is 5.91 Å². The number of ether oxygens (including phenoxy) is 2. The lowest BCUT2D eigenvalue weighted by Gasteiger charge is -2.23. The monoisotopic (exact) mass is 483 g/mol. The van der Waals surface area contributed by atoms with Crippen LogP contribution in [-0.4, -0.2) is 60.1 Å².